The van der Waals surface area contributed by atoms with Crippen molar-refractivity contribution in [2.45, 2.75) is 11.9 Å². The van der Waals surface area contributed by atoms with Crippen molar-refractivity contribution in [3.05, 3.63) is 0 Å². The van der Waals surface area contributed by atoms with Crippen molar-refractivity contribution in [3.63, 3.8) is 0 Å². The maximum atomic E-state index is 12.0. The summed E-state index contributed by atoms with van der Waals surface area (Å²) in [6.45, 7) is -0.0700. The molecule has 0 aliphatic carbocycles. The molecule has 0 saturated carbocycles. The molecule has 0 aromatic rings. The molecule has 0 spiro atoms. The van der Waals surface area contributed by atoms with E-state index in [0.29, 0.717) is 4.31 Å². The van der Waals surface area contributed by atoms with Crippen molar-refractivity contribution in [1.29, 1.82) is 0 Å². The van der Waals surface area contributed by atoms with Crippen molar-refractivity contribution in [2.75, 3.05) is 19.8 Å². The van der Waals surface area contributed by atoms with Gasteiger partial charge in [-0.25, -0.2) is 8.42 Å². The lowest BCUT2D eigenvalue weighted by atomic mass is 10.4. The van der Waals surface area contributed by atoms with Gasteiger partial charge in [0.1, 0.15) is 0 Å². The van der Waals surface area contributed by atoms with Crippen molar-refractivity contribution in [1.82, 2.24) is 4.31 Å². The molecule has 8 heteroatoms. The van der Waals surface area contributed by atoms with Gasteiger partial charge in [0.05, 0.1) is 19.4 Å². The third-order valence-electron chi connectivity index (χ3n) is 1.67. The Labute approximate surface area is 74.5 Å². The molecule has 1 atom stereocenters. The average Bonchev–Trinajstić information content (AvgIpc) is 2.04. The van der Waals surface area contributed by atoms with Gasteiger partial charge < -0.3 is 10.5 Å². The summed E-state index contributed by atoms with van der Waals surface area (Å²) in [5.41, 5.74) is 5.29. The molecule has 1 heterocycles. The molecule has 1 saturated heterocycles. The van der Waals surface area contributed by atoms with Crippen LogP contribution in [-0.2, 0) is 14.8 Å². The summed E-state index contributed by atoms with van der Waals surface area (Å²) < 4.78 is 51.3. The van der Waals surface area contributed by atoms with E-state index >= 15 is 0 Å². The molecule has 1 fully saturated rings. The Balaban J connectivity index is 2.80. The van der Waals surface area contributed by atoms with Crippen LogP contribution in [0.4, 0.5) is 8.78 Å². The number of rotatable bonds is 2. The van der Waals surface area contributed by atoms with Gasteiger partial charge in [0.15, 0.2) is 0 Å². The van der Waals surface area contributed by atoms with Crippen LogP contribution in [0.2, 0.25) is 0 Å². The molecule has 1 unspecified atom stereocenters. The van der Waals surface area contributed by atoms with E-state index in [1.165, 1.54) is 0 Å². The van der Waals surface area contributed by atoms with Crippen LogP contribution in [0.25, 0.3) is 0 Å². The first-order valence-electron chi connectivity index (χ1n) is 3.58. The fourth-order valence-electron chi connectivity index (χ4n) is 1.03. The summed E-state index contributed by atoms with van der Waals surface area (Å²) >= 11 is 0. The number of morpholine rings is 1. The van der Waals surface area contributed by atoms with Crippen molar-refractivity contribution >= 4 is 10.0 Å². The summed E-state index contributed by atoms with van der Waals surface area (Å²) in [5, 5.41) is 0. The van der Waals surface area contributed by atoms with Crippen LogP contribution in [0.1, 0.15) is 0 Å². The number of sulfonamides is 1. The van der Waals surface area contributed by atoms with Crippen LogP contribution in [0.3, 0.4) is 0 Å². The first-order chi connectivity index (χ1) is 5.96. The molecule has 1 rings (SSSR count). The number of alkyl halides is 2. The van der Waals surface area contributed by atoms with E-state index in [1.807, 2.05) is 0 Å². The Morgan fingerprint density at radius 3 is 2.62 bits per heavy atom. The van der Waals surface area contributed by atoms with Crippen LogP contribution in [0.5, 0.6) is 0 Å². The standard InChI is InChI=1S/C5H10F2N2O3S/c6-5(7)13(10,11)9-1-2-12-3-4(9)8/h4-5H,1-3,8H2. The quantitative estimate of drug-likeness (QED) is 0.653. The molecule has 0 amide bonds. The second-order valence-corrected chi connectivity index (χ2v) is 4.41. The predicted molar refractivity (Wildman–Crippen MR) is 40.4 cm³/mol. The Morgan fingerprint density at radius 2 is 2.15 bits per heavy atom. The average molecular weight is 216 g/mol. The maximum Gasteiger partial charge on any atom is 0.350 e. The van der Waals surface area contributed by atoms with E-state index in [4.69, 9.17) is 10.5 Å². The number of hydrogen-bond donors (Lipinski definition) is 1. The van der Waals surface area contributed by atoms with E-state index in [1.54, 1.807) is 0 Å². The minimum Gasteiger partial charge on any atom is -0.377 e. The predicted octanol–water partition coefficient (Wildman–Crippen LogP) is -0.844. The smallest absolute Gasteiger partial charge is 0.350 e. The number of ether oxygens (including phenoxy) is 1. The zero-order valence-electron chi connectivity index (χ0n) is 6.69. The van der Waals surface area contributed by atoms with Gasteiger partial charge in [-0.1, -0.05) is 0 Å². The van der Waals surface area contributed by atoms with Crippen molar-refractivity contribution in [2.24, 2.45) is 5.73 Å². The lowest BCUT2D eigenvalue weighted by Gasteiger charge is -2.31. The summed E-state index contributed by atoms with van der Waals surface area (Å²) in [6, 6.07) is 0. The summed E-state index contributed by atoms with van der Waals surface area (Å²) in [6.07, 6.45) is -1.01. The second-order valence-electron chi connectivity index (χ2n) is 2.56. The highest BCUT2D eigenvalue weighted by Crippen LogP contribution is 2.15. The summed E-state index contributed by atoms with van der Waals surface area (Å²) in [4.78, 5) is 0. The second kappa shape index (κ2) is 3.82. The fraction of sp³-hybridized carbons (Fsp3) is 1.00. The largest absolute Gasteiger partial charge is 0.377 e. The van der Waals surface area contributed by atoms with Crippen molar-refractivity contribution in [3.8, 4) is 0 Å². The Bertz CT molecular complexity index is 269. The van der Waals surface area contributed by atoms with Gasteiger partial charge in [0.25, 0.3) is 10.0 Å². The zero-order valence-corrected chi connectivity index (χ0v) is 7.51. The van der Waals surface area contributed by atoms with Crippen LogP contribution >= 0.6 is 0 Å². The van der Waals surface area contributed by atoms with E-state index in [-0.39, 0.29) is 19.8 Å². The topological polar surface area (TPSA) is 72.6 Å². The molecule has 0 aromatic carbocycles. The molecule has 0 bridgehead atoms. The third-order valence-corrected chi connectivity index (χ3v) is 3.22. The van der Waals surface area contributed by atoms with Gasteiger partial charge >= 0.3 is 5.76 Å². The highest BCUT2D eigenvalue weighted by atomic mass is 32.2. The Hall–Kier alpha value is -0.310. The molecule has 78 valence electrons. The zero-order chi connectivity index (χ0) is 10.1. The Morgan fingerprint density at radius 1 is 1.54 bits per heavy atom. The lowest BCUT2D eigenvalue weighted by molar-refractivity contribution is 0.0315. The number of nitrogens with two attached hydrogens (primary N) is 1. The normalized spacial score (nSPS) is 26.6. The molecule has 0 radical (unpaired) electrons. The number of nitrogens with zero attached hydrogens (tertiary/aromatic N) is 1. The van der Waals surface area contributed by atoms with Gasteiger partial charge in [-0.3, -0.25) is 0 Å². The van der Waals surface area contributed by atoms with Crippen LogP contribution in [0, 0.1) is 0 Å². The molecule has 13 heavy (non-hydrogen) atoms. The molecular weight excluding hydrogens is 206 g/mol. The van der Waals surface area contributed by atoms with Gasteiger partial charge in [0.2, 0.25) is 0 Å². The van der Waals surface area contributed by atoms with Crippen molar-refractivity contribution < 1.29 is 21.9 Å². The monoisotopic (exact) mass is 216 g/mol. The molecule has 1 aliphatic heterocycles. The molecule has 5 nitrogen and oxygen atoms in total. The lowest BCUT2D eigenvalue weighted by Crippen LogP contribution is -2.54. The number of hydrogen-bond acceptors (Lipinski definition) is 4. The summed E-state index contributed by atoms with van der Waals surface area (Å²) in [5.74, 6) is -3.42. The van der Waals surface area contributed by atoms with Gasteiger partial charge in [-0.15, -0.1) is 0 Å². The minimum absolute atomic E-state index is 0.0497. The highest BCUT2D eigenvalue weighted by Gasteiger charge is 2.37. The van der Waals surface area contributed by atoms with Crippen LogP contribution in [0.15, 0.2) is 0 Å². The third kappa shape index (κ3) is 2.13. The molecular formula is C5H10F2N2O3S. The molecule has 1 aliphatic rings. The van der Waals surface area contributed by atoms with E-state index < -0.39 is 21.9 Å². The SMILES string of the molecule is NC1COCCN1S(=O)(=O)C(F)F. The first-order valence-corrected chi connectivity index (χ1v) is 5.08. The minimum atomic E-state index is -4.55. The van der Waals surface area contributed by atoms with Gasteiger partial charge in [0, 0.05) is 6.54 Å². The maximum absolute atomic E-state index is 12.0. The molecule has 2 N–H and O–H groups in total. The van der Waals surface area contributed by atoms with E-state index in [9.17, 15) is 17.2 Å². The van der Waals surface area contributed by atoms with Gasteiger partial charge in [-0.2, -0.15) is 13.1 Å². The Kier molecular flexibility index (Phi) is 3.17. The summed E-state index contributed by atoms with van der Waals surface area (Å²) in [7, 11) is -4.55. The van der Waals surface area contributed by atoms with Crippen LogP contribution < -0.4 is 5.73 Å². The van der Waals surface area contributed by atoms with Gasteiger partial charge in [-0.05, 0) is 0 Å². The number of halogens is 2. The van der Waals surface area contributed by atoms with E-state index in [2.05, 4.69) is 0 Å². The fourth-order valence-corrected chi connectivity index (χ4v) is 2.00. The first kappa shape index (κ1) is 10.8. The molecule has 0 aromatic heterocycles. The highest BCUT2D eigenvalue weighted by molar-refractivity contribution is 7.89. The van der Waals surface area contributed by atoms with E-state index in [0.717, 1.165) is 0 Å². The van der Waals surface area contributed by atoms with Crippen LogP contribution in [-0.4, -0.2) is 44.4 Å².